The standard InChI is InChI=1S/C39H47N3O6.2CO2/c1-7-21-46-33-14-11-10-13-30(33)36(45)27-22-26(2)39(6)37-29(18-20-42(39)24-27)31-23-28(16-17-32(31)41-37)47-25-34(43)40-19-12-8-9-15-35(44)48-38(3,4)5;2*2-1-3/h7,10-11,13-14,16-17,22-24,41H,1,8-9,12,15,18-21,25H2,2-6H3,(H,40,43);;. The first-order chi connectivity index (χ1) is 25.7. The molecule has 0 fully saturated rings. The number of allylic oxidation sites excluding steroid dienone is 2. The zero-order chi connectivity index (χ0) is 39.9. The number of aromatic amines is 1. The fourth-order valence-electron chi connectivity index (χ4n) is 6.39. The molecule has 286 valence electrons. The molecule has 1 atom stereocenters. The highest BCUT2D eigenvalue weighted by Gasteiger charge is 2.43. The molecule has 3 aromatic rings. The third-order valence-electron chi connectivity index (χ3n) is 8.90. The van der Waals surface area contributed by atoms with Gasteiger partial charge < -0.3 is 29.4 Å². The fraction of sp³-hybridized carbons (Fsp3) is 0.390. The van der Waals surface area contributed by atoms with Gasteiger partial charge in [0.05, 0.1) is 11.1 Å². The Bertz CT molecular complexity index is 1940. The highest BCUT2D eigenvalue weighted by molar-refractivity contribution is 6.12. The van der Waals surface area contributed by atoms with Gasteiger partial charge >= 0.3 is 18.3 Å². The van der Waals surface area contributed by atoms with Gasteiger partial charge in [-0.05, 0) is 101 Å². The molecule has 0 spiro atoms. The maximum Gasteiger partial charge on any atom is 0.373 e. The number of rotatable bonds is 14. The third-order valence-corrected chi connectivity index (χ3v) is 8.90. The molecule has 54 heavy (non-hydrogen) atoms. The monoisotopic (exact) mass is 741 g/mol. The van der Waals surface area contributed by atoms with Crippen LogP contribution in [0.5, 0.6) is 11.5 Å². The summed E-state index contributed by atoms with van der Waals surface area (Å²) >= 11 is 0. The number of fused-ring (bicyclic) bond motifs is 5. The summed E-state index contributed by atoms with van der Waals surface area (Å²) in [6.45, 7) is 15.1. The van der Waals surface area contributed by atoms with E-state index >= 15 is 0 Å². The number of ether oxygens (including phenoxy) is 3. The highest BCUT2D eigenvalue weighted by atomic mass is 16.6. The van der Waals surface area contributed by atoms with E-state index in [1.54, 1.807) is 12.1 Å². The molecule has 2 aliphatic heterocycles. The molecule has 2 N–H and O–H groups in total. The number of hydrogen-bond donors (Lipinski definition) is 2. The second-order valence-electron chi connectivity index (χ2n) is 13.7. The van der Waals surface area contributed by atoms with Gasteiger partial charge in [-0.2, -0.15) is 19.2 Å². The largest absolute Gasteiger partial charge is 0.489 e. The number of para-hydroxylation sites is 1. The first-order valence-electron chi connectivity index (χ1n) is 17.5. The Morgan fingerprint density at radius 2 is 1.72 bits per heavy atom. The van der Waals surface area contributed by atoms with Gasteiger partial charge in [0.25, 0.3) is 5.91 Å². The Labute approximate surface area is 314 Å². The van der Waals surface area contributed by atoms with Crippen LogP contribution in [-0.4, -0.2) is 71.8 Å². The van der Waals surface area contributed by atoms with Crippen molar-refractivity contribution in [2.75, 3.05) is 26.3 Å². The van der Waals surface area contributed by atoms with Crippen molar-refractivity contribution < 1.29 is 47.8 Å². The molecule has 5 rings (SSSR count). The number of benzene rings is 2. The molecule has 1 aromatic heterocycles. The van der Waals surface area contributed by atoms with Gasteiger partial charge in [0, 0.05) is 47.9 Å². The molecular weight excluding hydrogens is 694 g/mol. The maximum absolute atomic E-state index is 13.7. The van der Waals surface area contributed by atoms with E-state index in [0.717, 1.165) is 54.4 Å². The van der Waals surface area contributed by atoms with Crippen LogP contribution in [0.2, 0.25) is 0 Å². The number of unbranched alkanes of at least 4 members (excludes halogenated alkanes) is 2. The zero-order valence-electron chi connectivity index (χ0n) is 31.4. The van der Waals surface area contributed by atoms with Gasteiger partial charge in [-0.3, -0.25) is 14.4 Å². The molecule has 2 aromatic carbocycles. The Hall–Kier alpha value is -6.03. The fourth-order valence-corrected chi connectivity index (χ4v) is 6.39. The number of nitrogens with zero attached hydrogens (tertiary/aromatic N) is 1. The van der Waals surface area contributed by atoms with Gasteiger partial charge in [0.1, 0.15) is 23.7 Å². The SMILES string of the molecule is C=CCOc1ccccc1C(=O)C1=CN2CCc3c([nH]c4ccc(OCC(=O)NCCCCCC(=O)OC(C)(C)C)cc34)C2(C)C(C)=C1.O=C=O.O=C=O. The first-order valence-corrected chi connectivity index (χ1v) is 17.5. The van der Waals surface area contributed by atoms with Crippen LogP contribution in [-0.2, 0) is 45.5 Å². The van der Waals surface area contributed by atoms with E-state index in [9.17, 15) is 14.4 Å². The summed E-state index contributed by atoms with van der Waals surface area (Å²) in [7, 11) is 0. The van der Waals surface area contributed by atoms with Crippen molar-refractivity contribution in [1.29, 1.82) is 0 Å². The van der Waals surface area contributed by atoms with Gasteiger partial charge in [-0.1, -0.05) is 31.2 Å². The number of hydrogen-bond acceptors (Lipinski definition) is 11. The van der Waals surface area contributed by atoms with Gasteiger partial charge in [-0.25, -0.2) is 0 Å². The summed E-state index contributed by atoms with van der Waals surface area (Å²) in [6.07, 6.45) is 9.62. The van der Waals surface area contributed by atoms with E-state index in [1.165, 1.54) is 5.56 Å². The molecular formula is C41H47N3O10. The van der Waals surface area contributed by atoms with E-state index in [-0.39, 0.29) is 36.6 Å². The molecule has 0 saturated heterocycles. The Balaban J connectivity index is 0.00000122. The van der Waals surface area contributed by atoms with E-state index in [2.05, 4.69) is 35.6 Å². The summed E-state index contributed by atoms with van der Waals surface area (Å²) in [6, 6.07) is 13.2. The van der Waals surface area contributed by atoms with Gasteiger partial charge in [0.2, 0.25) is 0 Å². The lowest BCUT2D eigenvalue weighted by atomic mass is 9.78. The number of Topliss-reactive ketones (excluding diaryl/α,β-unsaturated/α-hetero) is 1. The van der Waals surface area contributed by atoms with E-state index < -0.39 is 11.1 Å². The van der Waals surface area contributed by atoms with Crippen LogP contribution in [0.25, 0.3) is 10.9 Å². The van der Waals surface area contributed by atoms with Crippen molar-refractivity contribution in [3.05, 3.63) is 95.4 Å². The van der Waals surface area contributed by atoms with Crippen LogP contribution in [0.4, 0.5) is 0 Å². The molecule has 13 nitrogen and oxygen atoms in total. The second kappa shape index (κ2) is 19.7. The van der Waals surface area contributed by atoms with Crippen molar-refractivity contribution >= 4 is 40.9 Å². The average molecular weight is 742 g/mol. The molecule has 0 aliphatic carbocycles. The minimum Gasteiger partial charge on any atom is -0.489 e. The number of carbonyl (C=O) groups is 3. The van der Waals surface area contributed by atoms with Crippen LogP contribution < -0.4 is 14.8 Å². The Morgan fingerprint density at radius 1 is 1.02 bits per heavy atom. The predicted octanol–water partition coefficient (Wildman–Crippen LogP) is 5.76. The van der Waals surface area contributed by atoms with Crippen LogP contribution in [0, 0.1) is 0 Å². The minimum atomic E-state index is -0.470. The lowest BCUT2D eigenvalue weighted by Gasteiger charge is -2.47. The van der Waals surface area contributed by atoms with Gasteiger partial charge in [-0.15, -0.1) is 0 Å². The summed E-state index contributed by atoms with van der Waals surface area (Å²) in [5, 5.41) is 3.97. The van der Waals surface area contributed by atoms with Crippen LogP contribution in [0.15, 0.2) is 78.5 Å². The Kier molecular flexibility index (Phi) is 15.5. The number of amides is 1. The summed E-state index contributed by atoms with van der Waals surface area (Å²) in [5.41, 5.74) is 4.58. The van der Waals surface area contributed by atoms with Gasteiger partial charge in [0.15, 0.2) is 12.4 Å². The number of H-pyrrole nitrogens is 1. The first kappa shape index (κ1) is 42.4. The molecule has 13 heteroatoms. The molecule has 0 saturated carbocycles. The van der Waals surface area contributed by atoms with Crippen LogP contribution in [0.3, 0.4) is 0 Å². The number of carbonyl (C=O) groups excluding carboxylic acids is 7. The molecule has 1 unspecified atom stereocenters. The van der Waals surface area contributed by atoms with Crippen molar-refractivity contribution in [2.45, 2.75) is 77.9 Å². The molecule has 2 aliphatic rings. The summed E-state index contributed by atoms with van der Waals surface area (Å²) in [5.74, 6) is 0.717. The Morgan fingerprint density at radius 3 is 2.41 bits per heavy atom. The topological polar surface area (TPSA) is 178 Å². The maximum atomic E-state index is 13.7. The quantitative estimate of drug-likeness (QED) is 0.0888. The van der Waals surface area contributed by atoms with Crippen molar-refractivity contribution in [3.8, 4) is 11.5 Å². The average Bonchev–Trinajstić information content (AvgIpc) is 3.50. The molecule has 0 radical (unpaired) electrons. The normalized spacial score (nSPS) is 15.5. The van der Waals surface area contributed by atoms with E-state index in [0.29, 0.717) is 42.2 Å². The number of ketones is 1. The summed E-state index contributed by atoms with van der Waals surface area (Å²) < 4.78 is 17.0. The van der Waals surface area contributed by atoms with Crippen molar-refractivity contribution in [3.63, 3.8) is 0 Å². The lowest BCUT2D eigenvalue weighted by Crippen LogP contribution is -2.48. The van der Waals surface area contributed by atoms with Crippen molar-refractivity contribution in [2.24, 2.45) is 0 Å². The zero-order valence-corrected chi connectivity index (χ0v) is 31.4. The predicted molar refractivity (Wildman–Crippen MR) is 197 cm³/mol. The molecule has 0 bridgehead atoms. The number of esters is 1. The number of aromatic nitrogens is 1. The number of nitrogens with one attached hydrogen (secondary N) is 2. The lowest BCUT2D eigenvalue weighted by molar-refractivity contribution is -0.193. The smallest absolute Gasteiger partial charge is 0.373 e. The molecule has 1 amide bonds. The van der Waals surface area contributed by atoms with E-state index in [4.69, 9.17) is 33.4 Å². The van der Waals surface area contributed by atoms with Crippen LogP contribution >= 0.6 is 0 Å². The summed E-state index contributed by atoms with van der Waals surface area (Å²) in [4.78, 5) is 76.4. The second-order valence-corrected chi connectivity index (χ2v) is 13.7. The van der Waals surface area contributed by atoms with Crippen LogP contribution in [0.1, 0.15) is 81.9 Å². The minimum absolute atomic E-state index is 0.0767. The molecule has 3 heterocycles. The van der Waals surface area contributed by atoms with Crippen molar-refractivity contribution in [1.82, 2.24) is 15.2 Å². The van der Waals surface area contributed by atoms with E-state index in [1.807, 2.05) is 69.4 Å². The third kappa shape index (κ3) is 11.0. The highest BCUT2D eigenvalue weighted by Crippen LogP contribution is 2.46.